The van der Waals surface area contributed by atoms with Crippen molar-refractivity contribution in [3.63, 3.8) is 0 Å². The zero-order chi connectivity index (χ0) is 15.2. The van der Waals surface area contributed by atoms with Crippen LogP contribution in [0.4, 0.5) is 8.78 Å². The summed E-state index contributed by atoms with van der Waals surface area (Å²) in [5.41, 5.74) is 0.854. The summed E-state index contributed by atoms with van der Waals surface area (Å²) in [6, 6.07) is 5.80. The number of hydrogen-bond acceptors (Lipinski definition) is 2. The van der Waals surface area contributed by atoms with Gasteiger partial charge in [-0.1, -0.05) is 0 Å². The maximum atomic E-state index is 13.8. The van der Waals surface area contributed by atoms with Gasteiger partial charge in [-0.3, -0.25) is 0 Å². The quantitative estimate of drug-likeness (QED) is 0.855. The predicted molar refractivity (Wildman–Crippen MR) is 73.1 cm³/mol. The summed E-state index contributed by atoms with van der Waals surface area (Å²) in [4.78, 5) is -0.490. The van der Waals surface area contributed by atoms with Crippen LogP contribution in [0.5, 0.6) is 0 Å². The normalized spacial score (nSPS) is 19.5. The summed E-state index contributed by atoms with van der Waals surface area (Å²) in [6.45, 7) is 2.51. The van der Waals surface area contributed by atoms with E-state index < -0.39 is 32.6 Å². The lowest BCUT2D eigenvalue weighted by Gasteiger charge is -2.33. The second-order valence-electron chi connectivity index (χ2n) is 4.99. The molecule has 21 heavy (non-hydrogen) atoms. The molecule has 1 aliphatic heterocycles. The molecule has 112 valence electrons. The van der Waals surface area contributed by atoms with Gasteiger partial charge < -0.3 is 4.57 Å². The fourth-order valence-corrected chi connectivity index (χ4v) is 4.34. The van der Waals surface area contributed by atoms with Gasteiger partial charge >= 0.3 is 0 Å². The van der Waals surface area contributed by atoms with E-state index in [-0.39, 0.29) is 6.54 Å². The summed E-state index contributed by atoms with van der Waals surface area (Å²) in [5.74, 6) is -1.87. The molecule has 1 unspecified atom stereocenters. The highest BCUT2D eigenvalue weighted by atomic mass is 32.2. The van der Waals surface area contributed by atoms with E-state index >= 15 is 0 Å². The smallest absolute Gasteiger partial charge is 0.246 e. The molecule has 0 fully saturated rings. The van der Waals surface area contributed by atoms with E-state index in [0.29, 0.717) is 12.6 Å². The minimum absolute atomic E-state index is 0.252. The Labute approximate surface area is 121 Å². The van der Waals surface area contributed by atoms with E-state index in [9.17, 15) is 17.2 Å². The second kappa shape index (κ2) is 4.92. The van der Waals surface area contributed by atoms with Crippen LogP contribution in [-0.2, 0) is 16.6 Å². The van der Waals surface area contributed by atoms with Crippen LogP contribution in [0.25, 0.3) is 0 Å². The number of fused-ring (bicyclic) bond motifs is 1. The molecule has 1 aliphatic rings. The number of benzene rings is 1. The van der Waals surface area contributed by atoms with Gasteiger partial charge in [0.05, 0.1) is 6.04 Å². The molecule has 2 heterocycles. The number of halogens is 2. The van der Waals surface area contributed by atoms with Crippen molar-refractivity contribution in [2.75, 3.05) is 6.54 Å². The van der Waals surface area contributed by atoms with Crippen LogP contribution >= 0.6 is 0 Å². The van der Waals surface area contributed by atoms with Crippen LogP contribution in [0.2, 0.25) is 0 Å². The molecule has 3 rings (SSSR count). The first-order valence-electron chi connectivity index (χ1n) is 6.53. The average Bonchev–Trinajstić information content (AvgIpc) is 2.87. The third kappa shape index (κ3) is 2.26. The molecule has 7 heteroatoms. The van der Waals surface area contributed by atoms with Gasteiger partial charge in [0.15, 0.2) is 0 Å². The molecular formula is C14H14F2N2O2S. The van der Waals surface area contributed by atoms with Gasteiger partial charge in [-0.25, -0.2) is 17.2 Å². The highest BCUT2D eigenvalue weighted by Gasteiger charge is 2.35. The highest BCUT2D eigenvalue weighted by molar-refractivity contribution is 7.89. The minimum Gasteiger partial charge on any atom is -0.349 e. The number of sulfonamides is 1. The third-order valence-electron chi connectivity index (χ3n) is 3.77. The van der Waals surface area contributed by atoms with E-state index in [1.54, 1.807) is 6.92 Å². The molecular weight excluding hydrogens is 298 g/mol. The molecule has 4 nitrogen and oxygen atoms in total. The number of rotatable bonds is 2. The Balaban J connectivity index is 2.03. The first-order valence-corrected chi connectivity index (χ1v) is 7.97. The summed E-state index contributed by atoms with van der Waals surface area (Å²) in [6.07, 6.45) is 1.88. The Kier molecular flexibility index (Phi) is 3.33. The van der Waals surface area contributed by atoms with Crippen LogP contribution < -0.4 is 0 Å². The monoisotopic (exact) mass is 312 g/mol. The van der Waals surface area contributed by atoms with Crippen LogP contribution in [0.1, 0.15) is 18.7 Å². The van der Waals surface area contributed by atoms with E-state index in [1.807, 2.05) is 22.9 Å². The molecule has 0 N–H and O–H groups in total. The van der Waals surface area contributed by atoms with Gasteiger partial charge in [-0.15, -0.1) is 0 Å². The average molecular weight is 312 g/mol. The number of aromatic nitrogens is 1. The molecule has 0 saturated heterocycles. The van der Waals surface area contributed by atoms with Crippen LogP contribution in [0.15, 0.2) is 41.4 Å². The zero-order valence-electron chi connectivity index (χ0n) is 11.3. The number of nitrogens with zero attached hydrogens (tertiary/aromatic N) is 2. The van der Waals surface area contributed by atoms with Crippen molar-refractivity contribution in [1.82, 2.24) is 8.87 Å². The Morgan fingerprint density at radius 3 is 2.67 bits per heavy atom. The molecule has 2 aromatic rings. The molecule has 0 saturated carbocycles. The van der Waals surface area contributed by atoms with Gasteiger partial charge in [0, 0.05) is 31.0 Å². The summed E-state index contributed by atoms with van der Waals surface area (Å²) >= 11 is 0. The largest absolute Gasteiger partial charge is 0.349 e. The highest BCUT2D eigenvalue weighted by Crippen LogP contribution is 2.31. The molecule has 0 bridgehead atoms. The Bertz CT molecular complexity index is 786. The van der Waals surface area contributed by atoms with E-state index in [2.05, 4.69) is 0 Å². The third-order valence-corrected chi connectivity index (χ3v) is 5.77. The molecule has 1 aromatic heterocycles. The summed E-state index contributed by atoms with van der Waals surface area (Å²) < 4.78 is 55.2. The van der Waals surface area contributed by atoms with Gasteiger partial charge in [0.2, 0.25) is 10.0 Å². The standard InChI is InChI=1S/C14H14F2N2O2S/c1-10-13-3-2-6-17(13)7-8-18(10)21(19,20)14-5-4-11(15)9-12(14)16/h2-6,9-10H,7-8H2,1H3. The lowest BCUT2D eigenvalue weighted by molar-refractivity contribution is 0.281. The molecule has 1 aromatic carbocycles. The first-order chi connectivity index (χ1) is 9.91. The van der Waals surface area contributed by atoms with Crippen molar-refractivity contribution in [2.45, 2.75) is 24.4 Å². The fraction of sp³-hybridized carbons (Fsp3) is 0.286. The Hall–Kier alpha value is -1.73. The predicted octanol–water partition coefficient (Wildman–Crippen LogP) is 2.53. The van der Waals surface area contributed by atoms with Gasteiger partial charge in [0.1, 0.15) is 16.5 Å². The first kappa shape index (κ1) is 14.2. The summed E-state index contributed by atoms with van der Waals surface area (Å²) in [5, 5.41) is 0. The Morgan fingerprint density at radius 1 is 1.19 bits per heavy atom. The van der Waals surface area contributed by atoms with Crippen molar-refractivity contribution >= 4 is 10.0 Å². The molecule has 0 amide bonds. The van der Waals surface area contributed by atoms with Crippen molar-refractivity contribution in [3.05, 3.63) is 53.9 Å². The van der Waals surface area contributed by atoms with E-state index in [1.165, 1.54) is 4.31 Å². The number of hydrogen-bond donors (Lipinski definition) is 0. The second-order valence-corrected chi connectivity index (χ2v) is 6.85. The molecule has 0 radical (unpaired) electrons. The van der Waals surface area contributed by atoms with Crippen LogP contribution in [-0.4, -0.2) is 23.8 Å². The van der Waals surface area contributed by atoms with Crippen molar-refractivity contribution < 1.29 is 17.2 Å². The molecule has 0 spiro atoms. The van der Waals surface area contributed by atoms with Crippen molar-refractivity contribution in [2.24, 2.45) is 0 Å². The lowest BCUT2D eigenvalue weighted by Crippen LogP contribution is -2.40. The Morgan fingerprint density at radius 2 is 1.95 bits per heavy atom. The minimum atomic E-state index is -4.00. The fourth-order valence-electron chi connectivity index (χ4n) is 2.70. The van der Waals surface area contributed by atoms with E-state index in [4.69, 9.17) is 0 Å². The maximum Gasteiger partial charge on any atom is 0.246 e. The van der Waals surface area contributed by atoms with Crippen molar-refractivity contribution in [3.8, 4) is 0 Å². The SMILES string of the molecule is CC1c2cccn2CCN1S(=O)(=O)c1ccc(F)cc1F. The maximum absolute atomic E-state index is 13.8. The van der Waals surface area contributed by atoms with Crippen molar-refractivity contribution in [1.29, 1.82) is 0 Å². The molecule has 0 aliphatic carbocycles. The van der Waals surface area contributed by atoms with E-state index in [0.717, 1.165) is 17.8 Å². The topological polar surface area (TPSA) is 42.3 Å². The van der Waals surface area contributed by atoms with Crippen LogP contribution in [0, 0.1) is 11.6 Å². The zero-order valence-corrected chi connectivity index (χ0v) is 12.1. The van der Waals surface area contributed by atoms with Crippen LogP contribution in [0.3, 0.4) is 0 Å². The van der Waals surface area contributed by atoms with Gasteiger partial charge in [-0.05, 0) is 31.2 Å². The summed E-state index contributed by atoms with van der Waals surface area (Å²) in [7, 11) is -4.00. The van der Waals surface area contributed by atoms with Gasteiger partial charge in [-0.2, -0.15) is 4.31 Å². The molecule has 1 atom stereocenters. The lowest BCUT2D eigenvalue weighted by atomic mass is 10.2. The van der Waals surface area contributed by atoms with Gasteiger partial charge in [0.25, 0.3) is 0 Å².